The minimum Gasteiger partial charge on any atom is -0.306 e. The van der Waals surface area contributed by atoms with Gasteiger partial charge in [-0.05, 0) is 56.6 Å². The molecule has 0 aliphatic carbocycles. The third kappa shape index (κ3) is 2.68. The quantitative estimate of drug-likeness (QED) is 0.826. The molecule has 0 unspecified atom stereocenters. The van der Waals surface area contributed by atoms with Crippen LogP contribution in [0.1, 0.15) is 24.3 Å². The van der Waals surface area contributed by atoms with Crippen LogP contribution in [0.15, 0.2) is 30.6 Å². The van der Waals surface area contributed by atoms with E-state index in [9.17, 15) is 0 Å². The van der Waals surface area contributed by atoms with Crippen molar-refractivity contribution in [2.24, 2.45) is 7.05 Å². The van der Waals surface area contributed by atoms with E-state index in [-0.39, 0.29) is 0 Å². The fourth-order valence-corrected chi connectivity index (χ4v) is 2.69. The highest BCUT2D eigenvalue weighted by Gasteiger charge is 2.18. The highest BCUT2D eigenvalue weighted by atomic mass is 15.2. The standard InChI is InChI=1S/C15H20N4/c1-18-8-5-12(6-9-18)13-3-4-14(16-11-13)15-7-10-19(2)17-15/h3-4,7,10-12H,5-6,8-9H2,1-2H3. The van der Waals surface area contributed by atoms with E-state index in [1.165, 1.54) is 31.5 Å². The molecule has 2 aromatic heterocycles. The summed E-state index contributed by atoms with van der Waals surface area (Å²) in [7, 11) is 4.12. The van der Waals surface area contributed by atoms with E-state index in [0.717, 1.165) is 11.4 Å². The highest BCUT2D eigenvalue weighted by Crippen LogP contribution is 2.27. The molecule has 0 N–H and O–H groups in total. The average Bonchev–Trinajstić information content (AvgIpc) is 2.87. The van der Waals surface area contributed by atoms with Crippen LogP contribution in [0.2, 0.25) is 0 Å². The first-order valence-electron chi connectivity index (χ1n) is 6.87. The second kappa shape index (κ2) is 5.13. The molecule has 1 aliphatic heterocycles. The molecular weight excluding hydrogens is 236 g/mol. The van der Waals surface area contributed by atoms with Crippen molar-refractivity contribution in [3.63, 3.8) is 0 Å². The monoisotopic (exact) mass is 256 g/mol. The summed E-state index contributed by atoms with van der Waals surface area (Å²) in [6.45, 7) is 2.37. The zero-order chi connectivity index (χ0) is 13.2. The lowest BCUT2D eigenvalue weighted by atomic mass is 9.90. The molecule has 100 valence electrons. The van der Waals surface area contributed by atoms with Crippen LogP contribution in [0.4, 0.5) is 0 Å². The number of rotatable bonds is 2. The van der Waals surface area contributed by atoms with Crippen LogP contribution >= 0.6 is 0 Å². The fourth-order valence-electron chi connectivity index (χ4n) is 2.69. The number of hydrogen-bond donors (Lipinski definition) is 0. The summed E-state index contributed by atoms with van der Waals surface area (Å²) in [4.78, 5) is 6.96. The van der Waals surface area contributed by atoms with E-state index in [2.05, 4.69) is 34.2 Å². The maximum atomic E-state index is 4.57. The second-order valence-corrected chi connectivity index (χ2v) is 5.43. The SMILES string of the molecule is CN1CCC(c2ccc(-c3ccn(C)n3)nc2)CC1. The first kappa shape index (κ1) is 12.4. The number of nitrogens with zero attached hydrogens (tertiary/aromatic N) is 4. The molecule has 4 heteroatoms. The van der Waals surface area contributed by atoms with Crippen LogP contribution in [0, 0.1) is 0 Å². The van der Waals surface area contributed by atoms with Crippen LogP contribution in [0.5, 0.6) is 0 Å². The molecule has 0 amide bonds. The molecule has 1 aliphatic rings. The van der Waals surface area contributed by atoms with Gasteiger partial charge in [-0.25, -0.2) is 0 Å². The molecule has 0 radical (unpaired) electrons. The van der Waals surface area contributed by atoms with Gasteiger partial charge in [-0.2, -0.15) is 5.10 Å². The molecule has 19 heavy (non-hydrogen) atoms. The molecule has 1 saturated heterocycles. The normalized spacial score (nSPS) is 17.8. The lowest BCUT2D eigenvalue weighted by molar-refractivity contribution is 0.255. The van der Waals surface area contributed by atoms with Crippen LogP contribution in [-0.4, -0.2) is 39.8 Å². The van der Waals surface area contributed by atoms with Gasteiger partial charge in [0.25, 0.3) is 0 Å². The molecule has 3 heterocycles. The van der Waals surface area contributed by atoms with Gasteiger partial charge in [-0.15, -0.1) is 0 Å². The molecule has 0 aromatic carbocycles. The summed E-state index contributed by atoms with van der Waals surface area (Å²) in [6, 6.07) is 6.31. The van der Waals surface area contributed by atoms with Gasteiger partial charge in [0.2, 0.25) is 0 Å². The summed E-state index contributed by atoms with van der Waals surface area (Å²) >= 11 is 0. The van der Waals surface area contributed by atoms with Crippen molar-refractivity contribution in [2.75, 3.05) is 20.1 Å². The molecule has 2 aromatic rings. The molecule has 3 rings (SSSR count). The Kier molecular flexibility index (Phi) is 3.34. The Morgan fingerprint density at radius 1 is 1.05 bits per heavy atom. The van der Waals surface area contributed by atoms with E-state index in [4.69, 9.17) is 0 Å². The summed E-state index contributed by atoms with van der Waals surface area (Å²) in [5, 5.41) is 4.38. The minimum atomic E-state index is 0.668. The fraction of sp³-hybridized carbons (Fsp3) is 0.467. The number of likely N-dealkylation sites (tertiary alicyclic amines) is 1. The van der Waals surface area contributed by atoms with Crippen molar-refractivity contribution in [3.8, 4) is 11.4 Å². The van der Waals surface area contributed by atoms with Crippen molar-refractivity contribution >= 4 is 0 Å². The molecule has 0 saturated carbocycles. The lowest BCUT2D eigenvalue weighted by Crippen LogP contribution is -2.29. The van der Waals surface area contributed by atoms with Crippen molar-refractivity contribution in [1.29, 1.82) is 0 Å². The number of piperidine rings is 1. The molecule has 4 nitrogen and oxygen atoms in total. The Bertz CT molecular complexity index is 536. The first-order chi connectivity index (χ1) is 9.22. The molecule has 0 spiro atoms. The number of pyridine rings is 1. The van der Waals surface area contributed by atoms with Crippen LogP contribution in [-0.2, 0) is 7.05 Å². The largest absolute Gasteiger partial charge is 0.306 e. The zero-order valence-corrected chi connectivity index (χ0v) is 11.6. The van der Waals surface area contributed by atoms with Gasteiger partial charge >= 0.3 is 0 Å². The summed E-state index contributed by atoms with van der Waals surface area (Å²) in [5.74, 6) is 0.668. The van der Waals surface area contributed by atoms with Gasteiger partial charge in [0.05, 0.1) is 5.69 Å². The van der Waals surface area contributed by atoms with E-state index in [0.29, 0.717) is 5.92 Å². The minimum absolute atomic E-state index is 0.668. The summed E-state index contributed by atoms with van der Waals surface area (Å²) in [6.07, 6.45) is 6.45. The smallest absolute Gasteiger partial charge is 0.111 e. The zero-order valence-electron chi connectivity index (χ0n) is 11.6. The lowest BCUT2D eigenvalue weighted by Gasteiger charge is -2.28. The molecular formula is C15H20N4. The van der Waals surface area contributed by atoms with Crippen molar-refractivity contribution in [2.45, 2.75) is 18.8 Å². The van der Waals surface area contributed by atoms with Crippen LogP contribution < -0.4 is 0 Å². The van der Waals surface area contributed by atoms with Gasteiger partial charge < -0.3 is 4.90 Å². The van der Waals surface area contributed by atoms with Crippen LogP contribution in [0.3, 0.4) is 0 Å². The van der Waals surface area contributed by atoms with Gasteiger partial charge in [0.15, 0.2) is 0 Å². The maximum absolute atomic E-state index is 4.57. The molecule has 0 bridgehead atoms. The Hall–Kier alpha value is -1.68. The topological polar surface area (TPSA) is 34.0 Å². The summed E-state index contributed by atoms with van der Waals surface area (Å²) < 4.78 is 1.81. The van der Waals surface area contributed by atoms with E-state index < -0.39 is 0 Å². The highest BCUT2D eigenvalue weighted by molar-refractivity contribution is 5.53. The molecule has 0 atom stereocenters. The second-order valence-electron chi connectivity index (χ2n) is 5.43. The number of aromatic nitrogens is 3. The van der Waals surface area contributed by atoms with Gasteiger partial charge in [0.1, 0.15) is 5.69 Å². The van der Waals surface area contributed by atoms with Crippen molar-refractivity contribution in [3.05, 3.63) is 36.2 Å². The average molecular weight is 256 g/mol. The predicted molar refractivity (Wildman–Crippen MR) is 75.9 cm³/mol. The van der Waals surface area contributed by atoms with Gasteiger partial charge in [-0.3, -0.25) is 9.67 Å². The van der Waals surface area contributed by atoms with E-state index >= 15 is 0 Å². The van der Waals surface area contributed by atoms with Gasteiger partial charge in [0, 0.05) is 19.4 Å². The Morgan fingerprint density at radius 3 is 2.42 bits per heavy atom. The number of aryl methyl sites for hydroxylation is 1. The van der Waals surface area contributed by atoms with E-state index in [1.54, 1.807) is 0 Å². The summed E-state index contributed by atoms with van der Waals surface area (Å²) in [5.41, 5.74) is 3.27. The van der Waals surface area contributed by atoms with E-state index in [1.807, 2.05) is 30.2 Å². The third-order valence-corrected chi connectivity index (χ3v) is 3.95. The first-order valence-corrected chi connectivity index (χ1v) is 6.87. The van der Waals surface area contributed by atoms with Gasteiger partial charge in [-0.1, -0.05) is 6.07 Å². The van der Waals surface area contributed by atoms with Crippen molar-refractivity contribution in [1.82, 2.24) is 19.7 Å². The Balaban J connectivity index is 1.75. The Morgan fingerprint density at radius 2 is 1.84 bits per heavy atom. The molecule has 1 fully saturated rings. The van der Waals surface area contributed by atoms with Crippen molar-refractivity contribution < 1.29 is 0 Å². The third-order valence-electron chi connectivity index (χ3n) is 3.95. The predicted octanol–water partition coefficient (Wildman–Crippen LogP) is 2.29. The number of hydrogen-bond acceptors (Lipinski definition) is 3. The van der Waals surface area contributed by atoms with Crippen LogP contribution in [0.25, 0.3) is 11.4 Å². The maximum Gasteiger partial charge on any atom is 0.111 e. The Labute approximate surface area is 114 Å².